The van der Waals surface area contributed by atoms with E-state index in [0.717, 1.165) is 22.1 Å². The summed E-state index contributed by atoms with van der Waals surface area (Å²) in [7, 11) is 1.65. The zero-order chi connectivity index (χ0) is 12.3. The van der Waals surface area contributed by atoms with Gasteiger partial charge in [0.15, 0.2) is 0 Å². The van der Waals surface area contributed by atoms with Crippen molar-refractivity contribution in [3.8, 4) is 5.75 Å². The van der Waals surface area contributed by atoms with Crippen molar-refractivity contribution in [1.29, 1.82) is 0 Å². The zero-order valence-corrected chi connectivity index (χ0v) is 9.82. The van der Waals surface area contributed by atoms with Crippen molar-refractivity contribution in [3.05, 3.63) is 42.0 Å². The minimum absolute atomic E-state index is 0.230. The van der Waals surface area contributed by atoms with Crippen molar-refractivity contribution in [2.75, 3.05) is 13.8 Å². The van der Waals surface area contributed by atoms with E-state index < -0.39 is 0 Å². The van der Waals surface area contributed by atoms with Crippen molar-refractivity contribution in [3.63, 3.8) is 0 Å². The molecule has 0 aliphatic heterocycles. The van der Waals surface area contributed by atoms with Gasteiger partial charge < -0.3 is 10.5 Å². The third-order valence-corrected chi connectivity index (χ3v) is 2.92. The molecule has 2 aromatic carbocycles. The Morgan fingerprint density at radius 3 is 2.59 bits per heavy atom. The largest absolute Gasteiger partial charge is 0.497 e. The van der Waals surface area contributed by atoms with Gasteiger partial charge in [0.25, 0.3) is 0 Å². The Hall–Kier alpha value is -1.61. The molecule has 90 valence electrons. The summed E-state index contributed by atoms with van der Waals surface area (Å²) in [5.74, 6) is 0.832. The van der Waals surface area contributed by atoms with Crippen LogP contribution in [0.5, 0.6) is 5.75 Å². The van der Waals surface area contributed by atoms with Gasteiger partial charge in [0, 0.05) is 6.04 Å². The number of rotatable bonds is 4. The number of fused-ring (bicyclic) bond motifs is 1. The summed E-state index contributed by atoms with van der Waals surface area (Å²) in [5.41, 5.74) is 6.86. The highest BCUT2D eigenvalue weighted by molar-refractivity contribution is 5.84. The number of methoxy groups -OCH3 is 1. The Morgan fingerprint density at radius 2 is 1.88 bits per heavy atom. The van der Waals surface area contributed by atoms with E-state index in [1.807, 2.05) is 36.4 Å². The lowest BCUT2D eigenvalue weighted by Gasteiger charge is -2.11. The van der Waals surface area contributed by atoms with Crippen LogP contribution < -0.4 is 10.5 Å². The van der Waals surface area contributed by atoms with Crippen molar-refractivity contribution >= 4 is 10.8 Å². The SMILES string of the molecule is COc1ccc2cc([C@H](N)CCF)ccc2c1. The molecule has 0 aliphatic rings. The lowest BCUT2D eigenvalue weighted by Crippen LogP contribution is -2.10. The van der Waals surface area contributed by atoms with Crippen LogP contribution in [0.3, 0.4) is 0 Å². The van der Waals surface area contributed by atoms with Gasteiger partial charge >= 0.3 is 0 Å². The fourth-order valence-electron chi connectivity index (χ4n) is 1.88. The number of hydrogen-bond donors (Lipinski definition) is 1. The Morgan fingerprint density at radius 1 is 1.18 bits per heavy atom. The maximum absolute atomic E-state index is 12.2. The van der Waals surface area contributed by atoms with Crippen LogP contribution in [0.4, 0.5) is 4.39 Å². The van der Waals surface area contributed by atoms with Gasteiger partial charge in [-0.2, -0.15) is 0 Å². The Balaban J connectivity index is 2.37. The van der Waals surface area contributed by atoms with E-state index in [1.54, 1.807) is 7.11 Å². The van der Waals surface area contributed by atoms with E-state index in [9.17, 15) is 4.39 Å². The molecule has 0 aromatic heterocycles. The summed E-state index contributed by atoms with van der Waals surface area (Å²) in [6, 6.07) is 11.6. The molecule has 0 saturated carbocycles. The summed E-state index contributed by atoms with van der Waals surface area (Å²) in [6.45, 7) is -0.387. The van der Waals surface area contributed by atoms with E-state index in [1.165, 1.54) is 0 Å². The summed E-state index contributed by atoms with van der Waals surface area (Å²) >= 11 is 0. The van der Waals surface area contributed by atoms with Crippen LogP contribution in [0.25, 0.3) is 10.8 Å². The number of hydrogen-bond acceptors (Lipinski definition) is 2. The van der Waals surface area contributed by atoms with Crippen LogP contribution in [0.15, 0.2) is 36.4 Å². The highest BCUT2D eigenvalue weighted by Gasteiger charge is 2.06. The quantitative estimate of drug-likeness (QED) is 0.880. The molecule has 0 radical (unpaired) electrons. The van der Waals surface area contributed by atoms with Gasteiger partial charge in [-0.25, -0.2) is 0 Å². The minimum Gasteiger partial charge on any atom is -0.497 e. The number of benzene rings is 2. The first-order valence-corrected chi connectivity index (χ1v) is 5.64. The molecular formula is C14H16FNO. The lowest BCUT2D eigenvalue weighted by atomic mass is 10.0. The first-order valence-electron chi connectivity index (χ1n) is 5.64. The van der Waals surface area contributed by atoms with Gasteiger partial charge in [-0.1, -0.05) is 18.2 Å². The molecule has 3 heteroatoms. The average molecular weight is 233 g/mol. The molecule has 0 amide bonds. The van der Waals surface area contributed by atoms with Crippen molar-refractivity contribution in [2.45, 2.75) is 12.5 Å². The van der Waals surface area contributed by atoms with E-state index in [-0.39, 0.29) is 12.7 Å². The molecule has 17 heavy (non-hydrogen) atoms. The second kappa shape index (κ2) is 5.15. The van der Waals surface area contributed by atoms with Crippen LogP contribution >= 0.6 is 0 Å². The standard InChI is InChI=1S/C14H16FNO/c1-17-13-5-4-10-8-12(14(16)6-7-15)3-2-11(10)9-13/h2-5,8-9,14H,6-7,16H2,1H3/t14-/m1/s1. The van der Waals surface area contributed by atoms with E-state index >= 15 is 0 Å². The Kier molecular flexibility index (Phi) is 3.59. The van der Waals surface area contributed by atoms with Gasteiger partial charge in [0.2, 0.25) is 0 Å². The molecule has 0 saturated heterocycles. The van der Waals surface area contributed by atoms with Crippen LogP contribution in [0.1, 0.15) is 18.0 Å². The van der Waals surface area contributed by atoms with Gasteiger partial charge in [0.1, 0.15) is 5.75 Å². The summed E-state index contributed by atoms with van der Waals surface area (Å²) in [6.07, 6.45) is 0.363. The molecular weight excluding hydrogens is 217 g/mol. The highest BCUT2D eigenvalue weighted by Crippen LogP contribution is 2.24. The predicted octanol–water partition coefficient (Wildman–Crippen LogP) is 3.21. The third kappa shape index (κ3) is 2.56. The summed E-state index contributed by atoms with van der Waals surface area (Å²) in [5, 5.41) is 2.19. The summed E-state index contributed by atoms with van der Waals surface area (Å²) in [4.78, 5) is 0. The molecule has 0 bridgehead atoms. The summed E-state index contributed by atoms with van der Waals surface area (Å²) < 4.78 is 17.4. The number of alkyl halides is 1. The normalized spacial score (nSPS) is 12.6. The van der Waals surface area contributed by atoms with Crippen molar-refractivity contribution < 1.29 is 9.13 Å². The second-order valence-corrected chi connectivity index (χ2v) is 4.06. The lowest BCUT2D eigenvalue weighted by molar-refractivity contribution is 0.415. The van der Waals surface area contributed by atoms with E-state index in [0.29, 0.717) is 6.42 Å². The monoisotopic (exact) mass is 233 g/mol. The van der Waals surface area contributed by atoms with Crippen molar-refractivity contribution in [1.82, 2.24) is 0 Å². The molecule has 2 rings (SSSR count). The molecule has 2 N–H and O–H groups in total. The minimum atomic E-state index is -0.387. The second-order valence-electron chi connectivity index (χ2n) is 4.06. The zero-order valence-electron chi connectivity index (χ0n) is 9.82. The van der Waals surface area contributed by atoms with Gasteiger partial charge in [-0.15, -0.1) is 0 Å². The molecule has 1 atom stereocenters. The Bertz CT molecular complexity index is 513. The van der Waals surface area contributed by atoms with E-state index in [2.05, 4.69) is 0 Å². The fourth-order valence-corrected chi connectivity index (χ4v) is 1.88. The van der Waals surface area contributed by atoms with Gasteiger partial charge in [0.05, 0.1) is 13.8 Å². The Labute approximate surface area is 100 Å². The average Bonchev–Trinajstić information content (AvgIpc) is 2.37. The van der Waals surface area contributed by atoms with Crippen molar-refractivity contribution in [2.24, 2.45) is 5.73 Å². The molecule has 0 spiro atoms. The van der Waals surface area contributed by atoms with Crippen LogP contribution in [-0.2, 0) is 0 Å². The first kappa shape index (κ1) is 11.9. The predicted molar refractivity (Wildman–Crippen MR) is 68.0 cm³/mol. The maximum atomic E-state index is 12.2. The van der Waals surface area contributed by atoms with Gasteiger partial charge in [-0.3, -0.25) is 4.39 Å². The number of halogens is 1. The molecule has 0 heterocycles. The van der Waals surface area contributed by atoms with E-state index in [4.69, 9.17) is 10.5 Å². The van der Waals surface area contributed by atoms with Gasteiger partial charge in [-0.05, 0) is 41.0 Å². The maximum Gasteiger partial charge on any atom is 0.119 e. The molecule has 0 unspecified atom stereocenters. The van der Waals surface area contributed by atoms with Crippen LogP contribution in [0.2, 0.25) is 0 Å². The highest BCUT2D eigenvalue weighted by atomic mass is 19.1. The van der Waals surface area contributed by atoms with Crippen LogP contribution in [-0.4, -0.2) is 13.8 Å². The molecule has 2 nitrogen and oxygen atoms in total. The number of nitrogens with two attached hydrogens (primary N) is 1. The third-order valence-electron chi connectivity index (χ3n) is 2.92. The number of ether oxygens (including phenoxy) is 1. The fraction of sp³-hybridized carbons (Fsp3) is 0.286. The first-order chi connectivity index (χ1) is 8.24. The topological polar surface area (TPSA) is 35.2 Å². The molecule has 0 aliphatic carbocycles. The molecule has 0 fully saturated rings. The smallest absolute Gasteiger partial charge is 0.119 e. The molecule has 2 aromatic rings. The van der Waals surface area contributed by atoms with Crippen LogP contribution in [0, 0.1) is 0 Å².